The number of hydrogen-bond acceptors (Lipinski definition) is 4. The number of non-ortho nitro benzene ring substituents is 1. The molecule has 2 aromatic rings. The zero-order chi connectivity index (χ0) is 21.8. The smallest absolute Gasteiger partial charge is 0.269 e. The van der Waals surface area contributed by atoms with E-state index in [4.69, 9.17) is 0 Å². The molecule has 0 spiro atoms. The van der Waals surface area contributed by atoms with Gasteiger partial charge < -0.3 is 5.11 Å². The van der Waals surface area contributed by atoms with Crippen LogP contribution in [0.15, 0.2) is 36.4 Å². The molecule has 0 amide bonds. The maximum absolute atomic E-state index is 10.8. The van der Waals surface area contributed by atoms with Gasteiger partial charge in [0.1, 0.15) is 5.75 Å². The van der Waals surface area contributed by atoms with Crippen LogP contribution in [0.4, 0.5) is 5.69 Å². The Kier molecular flexibility index (Phi) is 7.39. The zero-order valence-electron chi connectivity index (χ0n) is 18.4. The minimum atomic E-state index is -0.369. The first-order valence-electron chi connectivity index (χ1n) is 10.1. The molecule has 0 bridgehead atoms. The van der Waals surface area contributed by atoms with Crippen LogP contribution in [0.1, 0.15) is 70.2 Å². The molecule has 4 nitrogen and oxygen atoms in total. The van der Waals surface area contributed by atoms with Crippen molar-refractivity contribution in [1.82, 2.24) is 0 Å². The second kappa shape index (κ2) is 9.21. The molecule has 158 valence electrons. The monoisotopic (exact) mass is 415 g/mol. The molecule has 0 aromatic heterocycles. The third-order valence-electron chi connectivity index (χ3n) is 4.96. The number of rotatable bonds is 7. The first-order chi connectivity index (χ1) is 13.4. The Morgan fingerprint density at radius 3 is 1.90 bits per heavy atom. The van der Waals surface area contributed by atoms with Crippen molar-refractivity contribution in [1.29, 1.82) is 0 Å². The summed E-state index contributed by atoms with van der Waals surface area (Å²) >= 11 is 1.84. The van der Waals surface area contributed by atoms with Crippen molar-refractivity contribution < 1.29 is 10.0 Å². The van der Waals surface area contributed by atoms with Gasteiger partial charge in [-0.1, -0.05) is 65.8 Å². The molecule has 2 aromatic carbocycles. The number of phenolic OH excluding ortho intramolecular Hbond substituents is 1. The fourth-order valence-electron chi connectivity index (χ4n) is 3.26. The van der Waals surface area contributed by atoms with Gasteiger partial charge in [0.2, 0.25) is 0 Å². The molecule has 0 heterocycles. The third-order valence-corrected chi connectivity index (χ3v) is 6.07. The molecule has 0 aliphatic heterocycles. The Bertz CT molecular complexity index is 811. The van der Waals surface area contributed by atoms with E-state index in [9.17, 15) is 15.2 Å². The largest absolute Gasteiger partial charge is 0.507 e. The number of nitro groups is 1. The third kappa shape index (κ3) is 6.49. The molecule has 0 radical (unpaired) electrons. The molecular formula is C24H33NO3S. The van der Waals surface area contributed by atoms with Crippen LogP contribution in [0.5, 0.6) is 5.75 Å². The lowest BCUT2D eigenvalue weighted by Gasteiger charge is -2.28. The van der Waals surface area contributed by atoms with Gasteiger partial charge in [-0.3, -0.25) is 10.1 Å². The van der Waals surface area contributed by atoms with Crippen molar-refractivity contribution in [3.63, 3.8) is 0 Å². The SMILES string of the molecule is CC(C)(C)c1cc(CCCSCc2ccc([N+](=O)[O-])cc2)cc(C(C)(C)C)c1O. The normalized spacial score (nSPS) is 12.2. The Balaban J connectivity index is 1.98. The fraction of sp³-hybridized carbons (Fsp3) is 0.500. The fourth-order valence-corrected chi connectivity index (χ4v) is 4.19. The summed E-state index contributed by atoms with van der Waals surface area (Å²) in [6.07, 6.45) is 2.02. The first kappa shape index (κ1) is 23.3. The summed E-state index contributed by atoms with van der Waals surface area (Å²) in [5.74, 6) is 2.31. The lowest BCUT2D eigenvalue weighted by molar-refractivity contribution is -0.384. The summed E-state index contributed by atoms with van der Waals surface area (Å²) in [6.45, 7) is 12.8. The first-order valence-corrected chi connectivity index (χ1v) is 11.2. The number of benzene rings is 2. The van der Waals surface area contributed by atoms with Crippen LogP contribution in [0.2, 0.25) is 0 Å². The van der Waals surface area contributed by atoms with Gasteiger partial charge in [0, 0.05) is 17.9 Å². The van der Waals surface area contributed by atoms with Crippen LogP contribution in [0.3, 0.4) is 0 Å². The number of nitrogens with zero attached hydrogens (tertiary/aromatic N) is 1. The number of phenols is 1. The van der Waals surface area contributed by atoms with Crippen LogP contribution >= 0.6 is 11.8 Å². The molecule has 0 fully saturated rings. The topological polar surface area (TPSA) is 63.4 Å². The number of nitro benzene ring substituents is 1. The zero-order valence-corrected chi connectivity index (χ0v) is 19.2. The highest BCUT2D eigenvalue weighted by Gasteiger charge is 2.26. The molecule has 0 saturated carbocycles. The Morgan fingerprint density at radius 1 is 0.931 bits per heavy atom. The molecular weight excluding hydrogens is 382 g/mol. The van der Waals surface area contributed by atoms with Gasteiger partial charge >= 0.3 is 0 Å². The molecule has 0 aliphatic carbocycles. The van der Waals surface area contributed by atoms with Gasteiger partial charge in [-0.2, -0.15) is 11.8 Å². The van der Waals surface area contributed by atoms with E-state index in [0.717, 1.165) is 41.0 Å². The molecule has 0 saturated heterocycles. The average Bonchev–Trinajstić information content (AvgIpc) is 2.61. The van der Waals surface area contributed by atoms with E-state index in [-0.39, 0.29) is 21.4 Å². The lowest BCUT2D eigenvalue weighted by Crippen LogP contribution is -2.18. The Hall–Kier alpha value is -2.01. The molecule has 2 rings (SSSR count). The summed E-state index contributed by atoms with van der Waals surface area (Å²) in [6, 6.07) is 11.1. The predicted molar refractivity (Wildman–Crippen MR) is 123 cm³/mol. The highest BCUT2D eigenvalue weighted by molar-refractivity contribution is 7.98. The van der Waals surface area contributed by atoms with Crippen LogP contribution < -0.4 is 0 Å². The van der Waals surface area contributed by atoms with E-state index in [1.54, 1.807) is 12.1 Å². The van der Waals surface area contributed by atoms with Gasteiger partial charge in [0.05, 0.1) is 4.92 Å². The van der Waals surface area contributed by atoms with Crippen LogP contribution in [0, 0.1) is 10.1 Å². The minimum absolute atomic E-state index is 0.106. The van der Waals surface area contributed by atoms with Crippen molar-refractivity contribution >= 4 is 17.4 Å². The summed E-state index contributed by atoms with van der Waals surface area (Å²) in [7, 11) is 0. The van der Waals surface area contributed by atoms with Crippen molar-refractivity contribution in [3.05, 3.63) is 68.8 Å². The summed E-state index contributed by atoms with van der Waals surface area (Å²) in [5.41, 5.74) is 4.33. The maximum Gasteiger partial charge on any atom is 0.269 e. The quantitative estimate of drug-likeness (QED) is 0.308. The van der Waals surface area contributed by atoms with Gasteiger partial charge in [0.15, 0.2) is 0 Å². The van der Waals surface area contributed by atoms with E-state index in [2.05, 4.69) is 53.7 Å². The van der Waals surface area contributed by atoms with Crippen molar-refractivity contribution in [2.45, 2.75) is 71.0 Å². The molecule has 0 aliphatic rings. The Morgan fingerprint density at radius 2 is 1.45 bits per heavy atom. The van der Waals surface area contributed by atoms with Gasteiger partial charge in [-0.25, -0.2) is 0 Å². The molecule has 0 unspecified atom stereocenters. The highest BCUT2D eigenvalue weighted by Crippen LogP contribution is 2.40. The number of aromatic hydroxyl groups is 1. The van der Waals surface area contributed by atoms with Crippen molar-refractivity contribution in [3.8, 4) is 5.75 Å². The van der Waals surface area contributed by atoms with Crippen LogP contribution in [-0.2, 0) is 23.0 Å². The summed E-state index contributed by atoms with van der Waals surface area (Å²) in [4.78, 5) is 10.4. The number of hydrogen-bond donors (Lipinski definition) is 1. The molecule has 0 atom stereocenters. The van der Waals surface area contributed by atoms with Gasteiger partial charge in [0.25, 0.3) is 5.69 Å². The molecule has 29 heavy (non-hydrogen) atoms. The maximum atomic E-state index is 10.8. The van der Waals surface area contributed by atoms with Crippen LogP contribution in [-0.4, -0.2) is 15.8 Å². The predicted octanol–water partition coefficient (Wildman–Crippen LogP) is 6.76. The summed E-state index contributed by atoms with van der Waals surface area (Å²) in [5, 5.41) is 21.6. The standard InChI is InChI=1S/C24H33NO3S/c1-23(2,3)20-14-18(15-21(22(20)26)24(4,5)6)8-7-13-29-16-17-9-11-19(12-10-17)25(27)28/h9-12,14-15,26H,7-8,13,16H2,1-6H3. The van der Waals surface area contributed by atoms with E-state index in [1.165, 1.54) is 5.56 Å². The second-order valence-electron chi connectivity index (χ2n) is 9.62. The average molecular weight is 416 g/mol. The van der Waals surface area contributed by atoms with Crippen molar-refractivity contribution in [2.24, 2.45) is 0 Å². The highest BCUT2D eigenvalue weighted by atomic mass is 32.2. The van der Waals surface area contributed by atoms with E-state index in [0.29, 0.717) is 5.75 Å². The number of aryl methyl sites for hydroxylation is 1. The van der Waals surface area contributed by atoms with Crippen molar-refractivity contribution in [2.75, 3.05) is 5.75 Å². The lowest BCUT2D eigenvalue weighted by atomic mass is 9.78. The summed E-state index contributed by atoms with van der Waals surface area (Å²) < 4.78 is 0. The van der Waals surface area contributed by atoms with E-state index >= 15 is 0 Å². The minimum Gasteiger partial charge on any atom is -0.507 e. The van der Waals surface area contributed by atoms with E-state index < -0.39 is 0 Å². The molecule has 5 heteroatoms. The number of thioether (sulfide) groups is 1. The van der Waals surface area contributed by atoms with Crippen LogP contribution in [0.25, 0.3) is 0 Å². The van der Waals surface area contributed by atoms with Gasteiger partial charge in [-0.05, 0) is 51.7 Å². The molecule has 1 N–H and O–H groups in total. The Labute approximate surface area is 178 Å². The van der Waals surface area contributed by atoms with Gasteiger partial charge in [-0.15, -0.1) is 0 Å². The van der Waals surface area contributed by atoms with E-state index in [1.807, 2.05) is 23.9 Å². The second-order valence-corrected chi connectivity index (χ2v) is 10.7.